The maximum absolute atomic E-state index is 11.2. The monoisotopic (exact) mass is 419 g/mol. The number of hydrogen-bond donors (Lipinski definition) is 1. The van der Waals surface area contributed by atoms with Gasteiger partial charge in [-0.15, -0.1) is 0 Å². The van der Waals surface area contributed by atoms with Crippen LogP contribution in [0.2, 0.25) is 0 Å². The molecule has 0 unspecified atom stereocenters. The van der Waals surface area contributed by atoms with Crippen molar-refractivity contribution in [1.82, 2.24) is 9.88 Å². The van der Waals surface area contributed by atoms with Crippen molar-refractivity contribution in [2.24, 2.45) is 0 Å². The van der Waals surface area contributed by atoms with Crippen molar-refractivity contribution in [3.8, 4) is 0 Å². The maximum atomic E-state index is 11.2. The Morgan fingerprint density at radius 1 is 1.10 bits per heavy atom. The summed E-state index contributed by atoms with van der Waals surface area (Å²) in [7, 11) is 0. The summed E-state index contributed by atoms with van der Waals surface area (Å²) < 4.78 is 0. The number of amides is 1. The molecule has 1 saturated heterocycles. The van der Waals surface area contributed by atoms with Gasteiger partial charge < -0.3 is 5.32 Å². The maximum Gasteiger partial charge on any atom is 0.221 e. The molecule has 3 heterocycles. The van der Waals surface area contributed by atoms with Gasteiger partial charge in [0.2, 0.25) is 5.91 Å². The van der Waals surface area contributed by atoms with E-state index in [9.17, 15) is 4.79 Å². The first-order valence-electron chi connectivity index (χ1n) is 10.6. The van der Waals surface area contributed by atoms with Crippen molar-refractivity contribution in [2.75, 3.05) is 18.4 Å². The summed E-state index contributed by atoms with van der Waals surface area (Å²) >= 11 is 1.78. The van der Waals surface area contributed by atoms with Crippen molar-refractivity contribution >= 4 is 22.9 Å². The third-order valence-corrected chi connectivity index (χ3v) is 6.91. The van der Waals surface area contributed by atoms with Crippen LogP contribution in [0.1, 0.15) is 43.0 Å². The molecule has 156 valence electrons. The minimum absolute atomic E-state index is 0.0351. The van der Waals surface area contributed by atoms with Crippen molar-refractivity contribution in [3.05, 3.63) is 82.3 Å². The summed E-state index contributed by atoms with van der Waals surface area (Å²) in [6.07, 6.45) is 6.48. The molecule has 1 N–H and O–H groups in total. The molecule has 1 amide bonds. The van der Waals surface area contributed by atoms with Crippen LogP contribution in [0.4, 0.5) is 5.69 Å². The van der Waals surface area contributed by atoms with Gasteiger partial charge in [0.25, 0.3) is 0 Å². The minimum Gasteiger partial charge on any atom is -0.326 e. The molecule has 1 aromatic carbocycles. The van der Waals surface area contributed by atoms with E-state index in [1.807, 2.05) is 24.4 Å². The first-order chi connectivity index (χ1) is 14.6. The quantitative estimate of drug-likeness (QED) is 0.568. The zero-order chi connectivity index (χ0) is 20.8. The van der Waals surface area contributed by atoms with E-state index in [0.717, 1.165) is 51.0 Å². The van der Waals surface area contributed by atoms with Gasteiger partial charge in [-0.3, -0.25) is 14.7 Å². The summed E-state index contributed by atoms with van der Waals surface area (Å²) in [5.74, 6) is -0.0351. The van der Waals surface area contributed by atoms with Crippen LogP contribution in [0.5, 0.6) is 0 Å². The number of thiophene rings is 1. The molecule has 30 heavy (non-hydrogen) atoms. The predicted octanol–water partition coefficient (Wildman–Crippen LogP) is 5.27. The number of anilines is 1. The number of benzene rings is 1. The number of aryl methyl sites for hydroxylation is 1. The molecule has 4 rings (SSSR count). The Bertz CT molecular complexity index is 930. The van der Waals surface area contributed by atoms with Gasteiger partial charge in [-0.05, 0) is 91.0 Å². The molecule has 3 aromatic rings. The molecule has 4 nitrogen and oxygen atoms in total. The molecule has 1 aliphatic rings. The molecule has 0 saturated carbocycles. The zero-order valence-corrected chi connectivity index (χ0v) is 18.3. The first kappa shape index (κ1) is 20.8. The summed E-state index contributed by atoms with van der Waals surface area (Å²) in [6, 6.07) is 16.8. The van der Waals surface area contributed by atoms with Gasteiger partial charge in [-0.2, -0.15) is 11.3 Å². The topological polar surface area (TPSA) is 45.2 Å². The third kappa shape index (κ3) is 5.15. The van der Waals surface area contributed by atoms with Gasteiger partial charge in [-0.1, -0.05) is 18.2 Å². The molecule has 0 spiro atoms. The Morgan fingerprint density at radius 2 is 1.90 bits per heavy atom. The van der Waals surface area contributed by atoms with Gasteiger partial charge in [-0.25, -0.2) is 0 Å². The van der Waals surface area contributed by atoms with E-state index in [-0.39, 0.29) is 11.3 Å². The van der Waals surface area contributed by atoms with Crippen LogP contribution in [-0.2, 0) is 23.2 Å². The molecule has 0 aliphatic carbocycles. The number of rotatable bonds is 7. The van der Waals surface area contributed by atoms with Crippen LogP contribution in [0.15, 0.2) is 65.5 Å². The number of carbonyl (C=O) groups is 1. The van der Waals surface area contributed by atoms with Gasteiger partial charge >= 0.3 is 0 Å². The Morgan fingerprint density at radius 3 is 2.53 bits per heavy atom. The highest BCUT2D eigenvalue weighted by Crippen LogP contribution is 2.39. The van der Waals surface area contributed by atoms with E-state index in [1.54, 1.807) is 11.3 Å². The molecule has 1 aliphatic heterocycles. The number of nitrogens with one attached hydrogen (secondary N) is 1. The number of piperidine rings is 1. The lowest BCUT2D eigenvalue weighted by atomic mass is 9.71. The summed E-state index contributed by atoms with van der Waals surface area (Å²) in [5, 5.41) is 7.27. The molecule has 0 atom stereocenters. The van der Waals surface area contributed by atoms with Gasteiger partial charge in [0, 0.05) is 36.5 Å². The number of nitrogens with zero attached hydrogens (tertiary/aromatic N) is 2. The second-order valence-corrected chi connectivity index (χ2v) is 9.06. The molecule has 1 fully saturated rings. The standard InChI is InChI=1S/C25H29N3OS/c1-20(29)27-23-7-5-21(6-8-23)18-28-15-12-25(13-16-28,24-4-2-3-14-26-24)11-9-22-10-17-30-19-22/h2-8,10,14,17,19H,9,11-13,15-16,18H2,1H3,(H,27,29). The number of carbonyl (C=O) groups excluding carboxylic acids is 1. The van der Waals surface area contributed by atoms with E-state index in [2.05, 4.69) is 51.3 Å². The van der Waals surface area contributed by atoms with E-state index in [0.29, 0.717) is 0 Å². The van der Waals surface area contributed by atoms with Gasteiger partial charge in [0.05, 0.1) is 0 Å². The highest BCUT2D eigenvalue weighted by atomic mass is 32.1. The van der Waals surface area contributed by atoms with Crippen molar-refractivity contribution < 1.29 is 4.79 Å². The van der Waals surface area contributed by atoms with E-state index in [1.165, 1.54) is 23.7 Å². The number of hydrogen-bond acceptors (Lipinski definition) is 4. The highest BCUT2D eigenvalue weighted by molar-refractivity contribution is 7.07. The van der Waals surface area contributed by atoms with Crippen molar-refractivity contribution in [3.63, 3.8) is 0 Å². The Kier molecular flexibility index (Phi) is 6.60. The average Bonchev–Trinajstić information content (AvgIpc) is 3.29. The molecular weight excluding hydrogens is 390 g/mol. The highest BCUT2D eigenvalue weighted by Gasteiger charge is 2.36. The summed E-state index contributed by atoms with van der Waals surface area (Å²) in [6.45, 7) is 4.64. The van der Waals surface area contributed by atoms with Crippen LogP contribution in [0.3, 0.4) is 0 Å². The van der Waals surface area contributed by atoms with E-state index >= 15 is 0 Å². The zero-order valence-electron chi connectivity index (χ0n) is 17.5. The SMILES string of the molecule is CC(=O)Nc1ccc(CN2CCC(CCc3ccsc3)(c3ccccn3)CC2)cc1. The van der Waals surface area contributed by atoms with Crippen molar-refractivity contribution in [2.45, 2.75) is 44.6 Å². The second kappa shape index (κ2) is 9.54. The fourth-order valence-electron chi connectivity index (χ4n) is 4.42. The molecule has 0 radical (unpaired) electrons. The van der Waals surface area contributed by atoms with Crippen LogP contribution < -0.4 is 5.32 Å². The van der Waals surface area contributed by atoms with Crippen LogP contribution >= 0.6 is 11.3 Å². The first-order valence-corrected chi connectivity index (χ1v) is 11.6. The number of aromatic nitrogens is 1. The predicted molar refractivity (Wildman–Crippen MR) is 124 cm³/mol. The van der Waals surface area contributed by atoms with Gasteiger partial charge in [0.1, 0.15) is 0 Å². The van der Waals surface area contributed by atoms with Crippen LogP contribution in [0, 0.1) is 0 Å². The number of likely N-dealkylation sites (tertiary alicyclic amines) is 1. The van der Waals surface area contributed by atoms with E-state index in [4.69, 9.17) is 4.98 Å². The minimum atomic E-state index is -0.0351. The lowest BCUT2D eigenvalue weighted by Crippen LogP contribution is -2.43. The average molecular weight is 420 g/mol. The third-order valence-electron chi connectivity index (χ3n) is 6.17. The number of pyridine rings is 1. The summed E-state index contributed by atoms with van der Waals surface area (Å²) in [5.41, 5.74) is 4.99. The van der Waals surface area contributed by atoms with Crippen LogP contribution in [0.25, 0.3) is 0 Å². The second-order valence-electron chi connectivity index (χ2n) is 8.28. The molecular formula is C25H29N3OS. The Labute approximate surface area is 183 Å². The van der Waals surface area contributed by atoms with E-state index < -0.39 is 0 Å². The van der Waals surface area contributed by atoms with Gasteiger partial charge in [0.15, 0.2) is 0 Å². The lowest BCUT2D eigenvalue weighted by molar-refractivity contribution is -0.114. The van der Waals surface area contributed by atoms with Crippen molar-refractivity contribution in [1.29, 1.82) is 0 Å². The molecule has 5 heteroatoms. The normalized spacial score (nSPS) is 16.3. The largest absolute Gasteiger partial charge is 0.326 e. The Hall–Kier alpha value is -2.50. The molecule has 2 aromatic heterocycles. The fraction of sp³-hybridized carbons (Fsp3) is 0.360. The lowest BCUT2D eigenvalue weighted by Gasteiger charge is -2.42. The molecule has 0 bridgehead atoms. The Balaban J connectivity index is 1.40. The fourth-order valence-corrected chi connectivity index (χ4v) is 5.13. The summed E-state index contributed by atoms with van der Waals surface area (Å²) in [4.78, 5) is 18.5. The van der Waals surface area contributed by atoms with Crippen LogP contribution in [-0.4, -0.2) is 28.9 Å². The smallest absolute Gasteiger partial charge is 0.221 e.